The van der Waals surface area contributed by atoms with Gasteiger partial charge in [0.05, 0.1) is 12.2 Å². The zero-order valence-electron chi connectivity index (χ0n) is 11.6. The van der Waals surface area contributed by atoms with Crippen molar-refractivity contribution < 1.29 is 18.0 Å². The topological polar surface area (TPSA) is 84.7 Å². The minimum absolute atomic E-state index is 0.250. The summed E-state index contributed by atoms with van der Waals surface area (Å²) in [6.07, 6.45) is -2.97. The standard InChI is InChI=1S/C12H13F3N6O/c1-8-4-9(2-3-10(8)21-7-18-19-20-21)16-5-11(22)17-6-12(13,14)15/h2-4,7,16H,5-6H2,1H3,(H,17,22). The summed E-state index contributed by atoms with van der Waals surface area (Å²) in [4.78, 5) is 11.3. The van der Waals surface area contributed by atoms with Gasteiger partial charge < -0.3 is 10.6 Å². The van der Waals surface area contributed by atoms with Crippen LogP contribution in [0.5, 0.6) is 0 Å². The van der Waals surface area contributed by atoms with Gasteiger partial charge in [0.15, 0.2) is 0 Å². The van der Waals surface area contributed by atoms with Crippen LogP contribution >= 0.6 is 0 Å². The Kier molecular flexibility index (Phi) is 4.59. The quantitative estimate of drug-likeness (QED) is 0.862. The fourth-order valence-electron chi connectivity index (χ4n) is 1.74. The van der Waals surface area contributed by atoms with Crippen molar-refractivity contribution in [2.45, 2.75) is 13.1 Å². The molecule has 0 saturated heterocycles. The van der Waals surface area contributed by atoms with Gasteiger partial charge in [-0.1, -0.05) is 0 Å². The van der Waals surface area contributed by atoms with Gasteiger partial charge in [-0.2, -0.15) is 13.2 Å². The normalized spacial score (nSPS) is 11.3. The van der Waals surface area contributed by atoms with E-state index in [0.717, 1.165) is 11.3 Å². The van der Waals surface area contributed by atoms with Crippen molar-refractivity contribution in [3.8, 4) is 5.69 Å². The number of hydrogen-bond acceptors (Lipinski definition) is 5. The fourth-order valence-corrected chi connectivity index (χ4v) is 1.74. The van der Waals surface area contributed by atoms with Crippen LogP contribution in [0.1, 0.15) is 5.56 Å². The van der Waals surface area contributed by atoms with Gasteiger partial charge in [-0.3, -0.25) is 4.79 Å². The molecular formula is C12H13F3N6O. The Morgan fingerprint density at radius 2 is 2.14 bits per heavy atom. The molecular weight excluding hydrogens is 301 g/mol. The molecule has 1 amide bonds. The summed E-state index contributed by atoms with van der Waals surface area (Å²) in [5.41, 5.74) is 2.21. The van der Waals surface area contributed by atoms with Crippen molar-refractivity contribution in [1.82, 2.24) is 25.5 Å². The van der Waals surface area contributed by atoms with Crippen molar-refractivity contribution in [1.29, 1.82) is 0 Å². The molecule has 0 fully saturated rings. The molecule has 0 aliphatic rings. The maximum Gasteiger partial charge on any atom is 0.405 e. The molecule has 0 saturated carbocycles. The average molecular weight is 314 g/mol. The van der Waals surface area contributed by atoms with Crippen LogP contribution in [0, 0.1) is 6.92 Å². The molecule has 2 rings (SSSR count). The van der Waals surface area contributed by atoms with E-state index in [0.29, 0.717) is 5.69 Å². The third-order valence-electron chi connectivity index (χ3n) is 2.73. The van der Waals surface area contributed by atoms with E-state index >= 15 is 0 Å². The number of anilines is 1. The molecule has 0 unspecified atom stereocenters. The molecule has 0 spiro atoms. The minimum atomic E-state index is -4.42. The summed E-state index contributed by atoms with van der Waals surface area (Å²) in [6, 6.07) is 5.16. The summed E-state index contributed by atoms with van der Waals surface area (Å²) in [7, 11) is 0. The van der Waals surface area contributed by atoms with Gasteiger partial charge in [-0.25, -0.2) is 4.68 Å². The maximum absolute atomic E-state index is 12.0. The third-order valence-corrected chi connectivity index (χ3v) is 2.73. The number of tetrazole rings is 1. The number of rotatable bonds is 5. The second-order valence-corrected chi connectivity index (χ2v) is 4.50. The molecule has 1 aromatic heterocycles. The molecule has 7 nitrogen and oxygen atoms in total. The molecule has 10 heteroatoms. The highest BCUT2D eigenvalue weighted by Crippen LogP contribution is 2.17. The van der Waals surface area contributed by atoms with Crippen molar-refractivity contribution in [3.63, 3.8) is 0 Å². The smallest absolute Gasteiger partial charge is 0.376 e. The van der Waals surface area contributed by atoms with Gasteiger partial charge >= 0.3 is 6.18 Å². The van der Waals surface area contributed by atoms with Gasteiger partial charge in [-0.05, 0) is 41.1 Å². The predicted molar refractivity (Wildman–Crippen MR) is 71.4 cm³/mol. The van der Waals surface area contributed by atoms with Crippen molar-refractivity contribution in [2.75, 3.05) is 18.4 Å². The maximum atomic E-state index is 12.0. The first-order valence-electron chi connectivity index (χ1n) is 6.26. The zero-order valence-corrected chi connectivity index (χ0v) is 11.6. The van der Waals surface area contributed by atoms with Crippen LogP contribution in [0.4, 0.5) is 18.9 Å². The first-order valence-corrected chi connectivity index (χ1v) is 6.26. The lowest BCUT2D eigenvalue weighted by Crippen LogP contribution is -2.37. The number of benzene rings is 1. The molecule has 0 bridgehead atoms. The number of carbonyl (C=O) groups excluding carboxylic acids is 1. The first-order chi connectivity index (χ1) is 10.3. The number of halogens is 3. The second-order valence-electron chi connectivity index (χ2n) is 4.50. The van der Waals surface area contributed by atoms with E-state index in [1.165, 1.54) is 11.0 Å². The van der Waals surface area contributed by atoms with Crippen molar-refractivity contribution >= 4 is 11.6 Å². The van der Waals surface area contributed by atoms with Crippen LogP contribution in [0.3, 0.4) is 0 Å². The Labute approximate surface area is 123 Å². The highest BCUT2D eigenvalue weighted by atomic mass is 19.4. The largest absolute Gasteiger partial charge is 0.405 e. The van der Waals surface area contributed by atoms with Crippen molar-refractivity contribution in [3.05, 3.63) is 30.1 Å². The van der Waals surface area contributed by atoms with Gasteiger partial charge in [-0.15, -0.1) is 5.10 Å². The Bertz CT molecular complexity index is 641. The van der Waals surface area contributed by atoms with E-state index in [9.17, 15) is 18.0 Å². The number of hydrogen-bond donors (Lipinski definition) is 2. The molecule has 1 heterocycles. The molecule has 2 N–H and O–H groups in total. The number of alkyl halides is 3. The SMILES string of the molecule is Cc1cc(NCC(=O)NCC(F)(F)F)ccc1-n1cnnn1. The Morgan fingerprint density at radius 1 is 1.36 bits per heavy atom. The van der Waals surface area contributed by atoms with Gasteiger partial charge in [0.1, 0.15) is 12.9 Å². The highest BCUT2D eigenvalue weighted by Gasteiger charge is 2.27. The van der Waals surface area contributed by atoms with E-state index in [1.807, 2.05) is 6.92 Å². The average Bonchev–Trinajstić information content (AvgIpc) is 2.96. The summed E-state index contributed by atoms with van der Waals surface area (Å²) >= 11 is 0. The summed E-state index contributed by atoms with van der Waals surface area (Å²) < 4.78 is 37.4. The molecule has 0 radical (unpaired) electrons. The number of nitrogens with one attached hydrogen (secondary N) is 2. The van der Waals surface area contributed by atoms with E-state index in [2.05, 4.69) is 20.8 Å². The highest BCUT2D eigenvalue weighted by molar-refractivity contribution is 5.80. The lowest BCUT2D eigenvalue weighted by Gasteiger charge is -2.11. The van der Waals surface area contributed by atoms with Gasteiger partial charge in [0.2, 0.25) is 5.91 Å². The molecule has 0 atom stereocenters. The molecule has 22 heavy (non-hydrogen) atoms. The van der Waals surface area contributed by atoms with Gasteiger partial charge in [0, 0.05) is 5.69 Å². The van der Waals surface area contributed by atoms with Crippen LogP contribution in [-0.4, -0.2) is 45.4 Å². The van der Waals surface area contributed by atoms with Crippen LogP contribution in [-0.2, 0) is 4.79 Å². The van der Waals surface area contributed by atoms with E-state index in [-0.39, 0.29) is 6.54 Å². The number of carbonyl (C=O) groups is 1. The number of aryl methyl sites for hydroxylation is 1. The Morgan fingerprint density at radius 3 is 2.73 bits per heavy atom. The van der Waals surface area contributed by atoms with Crippen LogP contribution in [0.2, 0.25) is 0 Å². The molecule has 118 valence electrons. The Hall–Kier alpha value is -2.65. The monoisotopic (exact) mass is 314 g/mol. The van der Waals surface area contributed by atoms with Crippen LogP contribution in [0.25, 0.3) is 5.69 Å². The van der Waals surface area contributed by atoms with E-state index in [4.69, 9.17) is 0 Å². The fraction of sp³-hybridized carbons (Fsp3) is 0.333. The van der Waals surface area contributed by atoms with E-state index < -0.39 is 18.6 Å². The number of aromatic nitrogens is 4. The van der Waals surface area contributed by atoms with Gasteiger partial charge in [0.25, 0.3) is 0 Å². The predicted octanol–water partition coefficient (Wildman–Crippen LogP) is 1.06. The number of nitrogens with zero attached hydrogens (tertiary/aromatic N) is 4. The number of amides is 1. The minimum Gasteiger partial charge on any atom is -0.376 e. The Balaban J connectivity index is 1.91. The van der Waals surface area contributed by atoms with E-state index in [1.54, 1.807) is 23.5 Å². The summed E-state index contributed by atoms with van der Waals surface area (Å²) in [5.74, 6) is -0.737. The third kappa shape index (κ3) is 4.43. The first kappa shape index (κ1) is 15.7. The lowest BCUT2D eigenvalue weighted by atomic mass is 10.2. The summed E-state index contributed by atoms with van der Waals surface area (Å²) in [6.45, 7) is 0.233. The summed E-state index contributed by atoms with van der Waals surface area (Å²) in [5, 5.41) is 15.4. The van der Waals surface area contributed by atoms with Crippen LogP contribution < -0.4 is 10.6 Å². The lowest BCUT2D eigenvalue weighted by molar-refractivity contribution is -0.137. The molecule has 2 aromatic rings. The van der Waals surface area contributed by atoms with Crippen LogP contribution in [0.15, 0.2) is 24.5 Å². The zero-order chi connectivity index (χ0) is 16.2. The molecule has 0 aliphatic heterocycles. The van der Waals surface area contributed by atoms with Crippen molar-refractivity contribution in [2.24, 2.45) is 0 Å². The second kappa shape index (κ2) is 6.41. The molecule has 1 aromatic carbocycles. The molecule has 0 aliphatic carbocycles.